The van der Waals surface area contributed by atoms with Crippen LogP contribution >= 0.6 is 0 Å². The third-order valence-electron chi connectivity index (χ3n) is 4.54. The molecule has 0 bridgehead atoms. The summed E-state index contributed by atoms with van der Waals surface area (Å²) in [6.07, 6.45) is 1.52. The first-order valence-corrected chi connectivity index (χ1v) is 9.76. The maximum Gasteiger partial charge on any atom is 0.306 e. The molecule has 0 spiro atoms. The van der Waals surface area contributed by atoms with E-state index in [1.165, 1.54) is 0 Å². The minimum absolute atomic E-state index is 0.0121. The molecule has 31 heavy (non-hydrogen) atoms. The molecule has 162 valence electrons. The lowest BCUT2D eigenvalue weighted by Gasteiger charge is -2.18. The number of hydrogen-bond acceptors (Lipinski definition) is 8. The van der Waals surface area contributed by atoms with Crippen molar-refractivity contribution in [2.24, 2.45) is 0 Å². The van der Waals surface area contributed by atoms with Crippen molar-refractivity contribution in [1.82, 2.24) is 4.98 Å². The standard InChI is InChI=1S/C23H23NO7/c1-2-29-21(27)12-19(23-22(28)20(26)11-18(13-25)31-23)15-6-8-17(9-7-15)30-14-16-5-3-4-10-24-16/h3-11,19,25,28H,2,12-14H2,1H3. The molecule has 0 aliphatic carbocycles. The number of nitrogens with zero attached hydrogens (tertiary/aromatic N) is 1. The van der Waals surface area contributed by atoms with Gasteiger partial charge in [-0.2, -0.15) is 0 Å². The Morgan fingerprint density at radius 1 is 1.19 bits per heavy atom. The Morgan fingerprint density at radius 3 is 2.61 bits per heavy atom. The van der Waals surface area contributed by atoms with Crippen LogP contribution in [0.5, 0.6) is 11.5 Å². The van der Waals surface area contributed by atoms with Crippen molar-refractivity contribution >= 4 is 5.97 Å². The van der Waals surface area contributed by atoms with Crippen molar-refractivity contribution in [2.45, 2.75) is 32.5 Å². The largest absolute Gasteiger partial charge is 0.502 e. The van der Waals surface area contributed by atoms with Crippen molar-refractivity contribution < 1.29 is 28.9 Å². The molecule has 1 unspecified atom stereocenters. The summed E-state index contributed by atoms with van der Waals surface area (Å²) in [7, 11) is 0. The smallest absolute Gasteiger partial charge is 0.306 e. The highest BCUT2D eigenvalue weighted by molar-refractivity contribution is 5.71. The molecule has 1 aromatic carbocycles. The van der Waals surface area contributed by atoms with Crippen molar-refractivity contribution in [3.05, 3.63) is 87.7 Å². The Bertz CT molecular complexity index is 1060. The molecular weight excluding hydrogens is 402 g/mol. The summed E-state index contributed by atoms with van der Waals surface area (Å²) >= 11 is 0. The van der Waals surface area contributed by atoms with Gasteiger partial charge in [-0.1, -0.05) is 18.2 Å². The van der Waals surface area contributed by atoms with Gasteiger partial charge in [-0.25, -0.2) is 0 Å². The molecule has 8 nitrogen and oxygen atoms in total. The van der Waals surface area contributed by atoms with Gasteiger partial charge in [-0.15, -0.1) is 0 Å². The van der Waals surface area contributed by atoms with Gasteiger partial charge in [0, 0.05) is 12.3 Å². The molecule has 8 heteroatoms. The quantitative estimate of drug-likeness (QED) is 0.502. The highest BCUT2D eigenvalue weighted by atomic mass is 16.5. The average Bonchev–Trinajstić information content (AvgIpc) is 2.79. The zero-order valence-corrected chi connectivity index (χ0v) is 17.0. The number of ether oxygens (including phenoxy) is 2. The molecule has 0 aliphatic rings. The van der Waals surface area contributed by atoms with Crippen LogP contribution in [-0.4, -0.2) is 27.8 Å². The van der Waals surface area contributed by atoms with Crippen LogP contribution in [0.2, 0.25) is 0 Å². The molecule has 1 atom stereocenters. The van der Waals surface area contributed by atoms with Crippen molar-refractivity contribution in [1.29, 1.82) is 0 Å². The fraction of sp³-hybridized carbons (Fsp3) is 0.261. The van der Waals surface area contributed by atoms with E-state index >= 15 is 0 Å². The van der Waals surface area contributed by atoms with Crippen LogP contribution < -0.4 is 10.2 Å². The summed E-state index contributed by atoms with van der Waals surface area (Å²) in [6, 6.07) is 13.4. The lowest BCUT2D eigenvalue weighted by molar-refractivity contribution is -0.143. The maximum absolute atomic E-state index is 12.2. The number of aliphatic hydroxyl groups excluding tert-OH is 1. The molecule has 0 radical (unpaired) electrons. The molecule has 2 aromatic heterocycles. The minimum Gasteiger partial charge on any atom is -0.502 e. The third-order valence-corrected chi connectivity index (χ3v) is 4.54. The molecule has 3 rings (SSSR count). The molecule has 0 saturated carbocycles. The van der Waals surface area contributed by atoms with E-state index in [-0.39, 0.29) is 24.5 Å². The highest BCUT2D eigenvalue weighted by Gasteiger charge is 2.26. The second kappa shape index (κ2) is 10.4. The number of hydrogen-bond donors (Lipinski definition) is 2. The van der Waals surface area contributed by atoms with Crippen molar-refractivity contribution in [3.8, 4) is 11.5 Å². The van der Waals surface area contributed by atoms with Crippen molar-refractivity contribution in [2.75, 3.05) is 6.61 Å². The second-order valence-electron chi connectivity index (χ2n) is 6.69. The van der Waals surface area contributed by atoms with Gasteiger partial charge in [-0.3, -0.25) is 14.6 Å². The van der Waals surface area contributed by atoms with Gasteiger partial charge < -0.3 is 24.1 Å². The van der Waals surface area contributed by atoms with Crippen LogP contribution in [0, 0.1) is 0 Å². The summed E-state index contributed by atoms with van der Waals surface area (Å²) in [6.45, 7) is 1.65. The van der Waals surface area contributed by atoms with Gasteiger partial charge in [0.05, 0.1) is 24.6 Å². The lowest BCUT2D eigenvalue weighted by atomic mass is 9.92. The van der Waals surface area contributed by atoms with E-state index in [1.807, 2.05) is 18.2 Å². The fourth-order valence-corrected chi connectivity index (χ4v) is 3.05. The van der Waals surface area contributed by atoms with E-state index in [0.717, 1.165) is 11.8 Å². The second-order valence-corrected chi connectivity index (χ2v) is 6.69. The molecule has 0 saturated heterocycles. The van der Waals surface area contributed by atoms with Gasteiger partial charge in [-0.05, 0) is 36.8 Å². The Hall–Kier alpha value is -3.65. The highest BCUT2D eigenvalue weighted by Crippen LogP contribution is 2.34. The number of benzene rings is 1. The van der Waals surface area contributed by atoms with E-state index in [9.17, 15) is 19.8 Å². The minimum atomic E-state index is -0.789. The van der Waals surface area contributed by atoms with Crippen molar-refractivity contribution in [3.63, 3.8) is 0 Å². The molecule has 0 amide bonds. The number of aromatic hydroxyl groups is 1. The summed E-state index contributed by atoms with van der Waals surface area (Å²) in [5, 5.41) is 19.6. The summed E-state index contributed by atoms with van der Waals surface area (Å²) in [4.78, 5) is 28.4. The van der Waals surface area contributed by atoms with Crippen LogP contribution in [0.15, 0.2) is 63.9 Å². The molecule has 2 heterocycles. The first kappa shape index (κ1) is 22.0. The van der Waals surface area contributed by atoms with E-state index in [1.54, 1.807) is 37.4 Å². The van der Waals surface area contributed by atoms with E-state index in [2.05, 4.69) is 4.98 Å². The number of pyridine rings is 1. The van der Waals surface area contributed by atoms with Gasteiger partial charge in [0.15, 0.2) is 5.76 Å². The van der Waals surface area contributed by atoms with Crippen LogP contribution in [0.25, 0.3) is 0 Å². The Kier molecular flexibility index (Phi) is 7.40. The molecule has 0 fully saturated rings. The summed E-state index contributed by atoms with van der Waals surface area (Å²) in [5.41, 5.74) is 0.681. The first-order chi connectivity index (χ1) is 15.0. The zero-order chi connectivity index (χ0) is 22.2. The number of carbonyl (C=O) groups is 1. The maximum atomic E-state index is 12.2. The topological polar surface area (TPSA) is 119 Å². The Morgan fingerprint density at radius 2 is 1.97 bits per heavy atom. The van der Waals surface area contributed by atoms with Crippen LogP contribution in [-0.2, 0) is 22.7 Å². The number of rotatable bonds is 9. The van der Waals surface area contributed by atoms with Crippen LogP contribution in [0.4, 0.5) is 0 Å². The number of aromatic nitrogens is 1. The first-order valence-electron chi connectivity index (χ1n) is 9.76. The molecular formula is C23H23NO7. The van der Waals surface area contributed by atoms with Gasteiger partial charge in [0.2, 0.25) is 11.2 Å². The fourth-order valence-electron chi connectivity index (χ4n) is 3.05. The van der Waals surface area contributed by atoms with Crippen LogP contribution in [0.3, 0.4) is 0 Å². The number of carbonyl (C=O) groups excluding carboxylic acids is 1. The zero-order valence-electron chi connectivity index (χ0n) is 17.0. The third kappa shape index (κ3) is 5.70. The SMILES string of the molecule is CCOC(=O)CC(c1ccc(OCc2ccccn2)cc1)c1oc(CO)cc(=O)c1O. The predicted molar refractivity (Wildman–Crippen MR) is 111 cm³/mol. The monoisotopic (exact) mass is 425 g/mol. The van der Waals surface area contributed by atoms with Gasteiger partial charge >= 0.3 is 5.97 Å². The number of aliphatic hydroxyl groups is 1. The summed E-state index contributed by atoms with van der Waals surface area (Å²) < 4.78 is 16.3. The predicted octanol–water partition coefficient (Wildman–Crippen LogP) is 2.90. The lowest BCUT2D eigenvalue weighted by Crippen LogP contribution is -2.15. The van der Waals surface area contributed by atoms with E-state index < -0.39 is 29.7 Å². The van der Waals surface area contributed by atoms with E-state index in [4.69, 9.17) is 13.9 Å². The number of esters is 1. The average molecular weight is 425 g/mol. The Balaban J connectivity index is 1.88. The van der Waals surface area contributed by atoms with Gasteiger partial charge in [0.1, 0.15) is 24.7 Å². The normalized spacial score (nSPS) is 11.7. The van der Waals surface area contributed by atoms with Gasteiger partial charge in [0.25, 0.3) is 0 Å². The molecule has 3 aromatic rings. The molecule has 0 aliphatic heterocycles. The van der Waals surface area contributed by atoms with Crippen LogP contribution in [0.1, 0.15) is 42.0 Å². The Labute approximate surface area is 178 Å². The van der Waals surface area contributed by atoms with E-state index in [0.29, 0.717) is 17.9 Å². The summed E-state index contributed by atoms with van der Waals surface area (Å²) in [5.74, 6) is -1.45. The molecule has 2 N–H and O–H groups in total.